The largest absolute Gasteiger partial charge is 0.381 e. The summed E-state index contributed by atoms with van der Waals surface area (Å²) in [6.07, 6.45) is 17.6. The molecule has 0 aromatic rings. The zero-order valence-corrected chi connectivity index (χ0v) is 17.8. The lowest BCUT2D eigenvalue weighted by atomic mass is 10.0. The van der Waals surface area contributed by atoms with E-state index >= 15 is 0 Å². The second kappa shape index (κ2) is 13.9. The minimum absolute atomic E-state index is 0.0273. The van der Waals surface area contributed by atoms with Gasteiger partial charge in [-0.15, -0.1) is 0 Å². The summed E-state index contributed by atoms with van der Waals surface area (Å²) in [5.74, 6) is 0. The van der Waals surface area contributed by atoms with Crippen molar-refractivity contribution in [2.75, 3.05) is 26.4 Å². The van der Waals surface area contributed by atoms with Gasteiger partial charge in [0.25, 0.3) is 0 Å². The molecule has 0 N–H and O–H groups in total. The van der Waals surface area contributed by atoms with E-state index in [1.807, 2.05) is 0 Å². The Bertz CT molecular complexity index is 345. The van der Waals surface area contributed by atoms with Gasteiger partial charge in [0.15, 0.2) is 12.6 Å². The van der Waals surface area contributed by atoms with Gasteiger partial charge < -0.3 is 23.7 Å². The van der Waals surface area contributed by atoms with Crippen LogP contribution in [0.1, 0.15) is 96.3 Å². The zero-order valence-electron chi connectivity index (χ0n) is 17.8. The molecule has 164 valence electrons. The summed E-state index contributed by atoms with van der Waals surface area (Å²) >= 11 is 0. The van der Waals surface area contributed by atoms with Crippen LogP contribution in [-0.4, -0.2) is 51.2 Å². The summed E-state index contributed by atoms with van der Waals surface area (Å²) in [7, 11) is 0. The lowest BCUT2D eigenvalue weighted by Crippen LogP contribution is -2.34. The maximum absolute atomic E-state index is 6.43. The van der Waals surface area contributed by atoms with Gasteiger partial charge in [0, 0.05) is 32.8 Å². The number of hydrogen-bond acceptors (Lipinski definition) is 5. The minimum Gasteiger partial charge on any atom is -0.381 e. The summed E-state index contributed by atoms with van der Waals surface area (Å²) < 4.78 is 30.4. The molecule has 5 nitrogen and oxygen atoms in total. The van der Waals surface area contributed by atoms with Gasteiger partial charge in [0.2, 0.25) is 0 Å². The Balaban J connectivity index is 1.55. The molecule has 0 spiro atoms. The fourth-order valence-electron chi connectivity index (χ4n) is 4.44. The van der Waals surface area contributed by atoms with Crippen molar-refractivity contribution in [2.45, 2.75) is 121 Å². The van der Waals surface area contributed by atoms with Crippen LogP contribution >= 0.6 is 0 Å². The molecule has 4 unspecified atom stereocenters. The number of rotatable bonds is 4. The molecule has 3 rings (SSSR count). The van der Waals surface area contributed by atoms with Crippen molar-refractivity contribution in [3.05, 3.63) is 0 Å². The van der Waals surface area contributed by atoms with Crippen LogP contribution < -0.4 is 0 Å². The van der Waals surface area contributed by atoms with Crippen LogP contribution in [0.4, 0.5) is 0 Å². The molecule has 0 amide bonds. The van der Waals surface area contributed by atoms with E-state index < -0.39 is 0 Å². The van der Waals surface area contributed by atoms with E-state index in [2.05, 4.69) is 0 Å². The van der Waals surface area contributed by atoms with Gasteiger partial charge >= 0.3 is 0 Å². The standard InChI is InChI=1S/C23H42O5/c1-2-4-8-15-24-18-14-21(28-23-13-7-10-17-26-23)19-20(11-5-3-1)27-22-12-6-9-16-25-22/h20-23H,1-19H2. The first kappa shape index (κ1) is 22.5. The third kappa shape index (κ3) is 9.08. The van der Waals surface area contributed by atoms with Crippen LogP contribution in [-0.2, 0) is 23.7 Å². The molecule has 0 aromatic heterocycles. The van der Waals surface area contributed by atoms with Crippen molar-refractivity contribution in [2.24, 2.45) is 0 Å². The number of ether oxygens (including phenoxy) is 5. The van der Waals surface area contributed by atoms with Gasteiger partial charge in [-0.25, -0.2) is 0 Å². The molecule has 28 heavy (non-hydrogen) atoms. The maximum Gasteiger partial charge on any atom is 0.157 e. The van der Waals surface area contributed by atoms with E-state index in [0.717, 1.165) is 71.4 Å². The highest BCUT2D eigenvalue weighted by molar-refractivity contribution is 4.71. The second-order valence-electron chi connectivity index (χ2n) is 8.66. The van der Waals surface area contributed by atoms with Crippen molar-refractivity contribution in [1.29, 1.82) is 0 Å². The summed E-state index contributed by atoms with van der Waals surface area (Å²) in [6, 6.07) is 0. The highest BCUT2D eigenvalue weighted by atomic mass is 16.7. The van der Waals surface area contributed by atoms with Crippen molar-refractivity contribution < 1.29 is 23.7 Å². The van der Waals surface area contributed by atoms with Crippen LogP contribution in [0.5, 0.6) is 0 Å². The summed E-state index contributed by atoms with van der Waals surface area (Å²) in [5.41, 5.74) is 0. The molecular formula is C23H42O5. The smallest absolute Gasteiger partial charge is 0.157 e. The van der Waals surface area contributed by atoms with Gasteiger partial charge in [0.1, 0.15) is 0 Å². The monoisotopic (exact) mass is 398 g/mol. The fourth-order valence-corrected chi connectivity index (χ4v) is 4.44. The van der Waals surface area contributed by atoms with Crippen LogP contribution in [0, 0.1) is 0 Å². The molecule has 3 saturated heterocycles. The molecule has 3 heterocycles. The average Bonchev–Trinajstić information content (AvgIpc) is 2.73. The third-order valence-corrected chi connectivity index (χ3v) is 6.14. The highest BCUT2D eigenvalue weighted by Gasteiger charge is 2.26. The van der Waals surface area contributed by atoms with Crippen molar-refractivity contribution in [3.63, 3.8) is 0 Å². The van der Waals surface area contributed by atoms with Crippen LogP contribution in [0.3, 0.4) is 0 Å². The molecule has 5 heteroatoms. The molecular weight excluding hydrogens is 356 g/mol. The Hall–Kier alpha value is -0.200. The maximum atomic E-state index is 6.43. The van der Waals surface area contributed by atoms with Gasteiger partial charge in [-0.05, 0) is 57.8 Å². The first-order chi connectivity index (χ1) is 13.9. The van der Waals surface area contributed by atoms with Gasteiger partial charge in [-0.1, -0.05) is 32.1 Å². The van der Waals surface area contributed by atoms with Crippen molar-refractivity contribution in [3.8, 4) is 0 Å². The summed E-state index contributed by atoms with van der Waals surface area (Å²) in [4.78, 5) is 0. The molecule has 0 saturated carbocycles. The third-order valence-electron chi connectivity index (χ3n) is 6.14. The molecule has 0 radical (unpaired) electrons. The fraction of sp³-hybridized carbons (Fsp3) is 1.00. The molecule has 0 aliphatic carbocycles. The quantitative estimate of drug-likeness (QED) is 0.639. The Morgan fingerprint density at radius 3 is 1.64 bits per heavy atom. The van der Waals surface area contributed by atoms with Gasteiger partial charge in [-0.3, -0.25) is 0 Å². The molecule has 3 aliphatic heterocycles. The molecule has 3 aliphatic rings. The van der Waals surface area contributed by atoms with Gasteiger partial charge in [-0.2, -0.15) is 0 Å². The lowest BCUT2D eigenvalue weighted by molar-refractivity contribution is -0.218. The van der Waals surface area contributed by atoms with E-state index in [1.165, 1.54) is 51.4 Å². The minimum atomic E-state index is -0.0517. The zero-order chi connectivity index (χ0) is 19.3. The Morgan fingerprint density at radius 2 is 1.00 bits per heavy atom. The normalized spacial score (nSPS) is 35.1. The van der Waals surface area contributed by atoms with Crippen molar-refractivity contribution >= 4 is 0 Å². The Kier molecular flexibility index (Phi) is 11.2. The average molecular weight is 399 g/mol. The second-order valence-corrected chi connectivity index (χ2v) is 8.66. The SMILES string of the molecule is C1CCCCC(OC2CCCCO2)CC(OC2CCCCO2)CCOCCC1. The molecule has 3 fully saturated rings. The number of hydrogen-bond donors (Lipinski definition) is 0. The molecule has 0 bridgehead atoms. The van der Waals surface area contributed by atoms with E-state index in [0.29, 0.717) is 0 Å². The Labute approximate surface area is 171 Å². The molecule has 4 atom stereocenters. The predicted octanol–water partition coefficient (Wildman–Crippen LogP) is 5.35. The first-order valence-electron chi connectivity index (χ1n) is 12.0. The van der Waals surface area contributed by atoms with E-state index in [4.69, 9.17) is 23.7 Å². The van der Waals surface area contributed by atoms with Crippen molar-refractivity contribution in [1.82, 2.24) is 0 Å². The predicted molar refractivity (Wildman–Crippen MR) is 109 cm³/mol. The van der Waals surface area contributed by atoms with E-state index in [1.54, 1.807) is 0 Å². The first-order valence-corrected chi connectivity index (χ1v) is 12.0. The lowest BCUT2D eigenvalue weighted by Gasteiger charge is -2.32. The van der Waals surface area contributed by atoms with Crippen LogP contribution in [0.15, 0.2) is 0 Å². The topological polar surface area (TPSA) is 46.2 Å². The highest BCUT2D eigenvalue weighted by Crippen LogP contribution is 2.25. The van der Waals surface area contributed by atoms with Crippen LogP contribution in [0.2, 0.25) is 0 Å². The summed E-state index contributed by atoms with van der Waals surface area (Å²) in [6.45, 7) is 3.30. The molecule has 0 aromatic carbocycles. The van der Waals surface area contributed by atoms with Crippen LogP contribution in [0.25, 0.3) is 0 Å². The van der Waals surface area contributed by atoms with E-state index in [-0.39, 0.29) is 24.8 Å². The summed E-state index contributed by atoms with van der Waals surface area (Å²) in [5, 5.41) is 0. The van der Waals surface area contributed by atoms with Gasteiger partial charge in [0.05, 0.1) is 12.2 Å². The Morgan fingerprint density at radius 1 is 0.464 bits per heavy atom. The van der Waals surface area contributed by atoms with E-state index in [9.17, 15) is 0 Å².